The van der Waals surface area contributed by atoms with Gasteiger partial charge in [0.25, 0.3) is 20.2 Å². The van der Waals surface area contributed by atoms with E-state index in [0.717, 1.165) is 47.9 Å². The number of unbranched alkanes of at least 4 members (excludes halogenated alkanes) is 26. The third-order valence-electron chi connectivity index (χ3n) is 14.0. The molecule has 0 amide bonds. The lowest BCUT2D eigenvalue weighted by molar-refractivity contribution is -0.0444. The molecule has 4 rings (SSSR count). The molecule has 2 N–H and O–H groups in total. The van der Waals surface area contributed by atoms with Gasteiger partial charge in [0.1, 0.15) is 18.8 Å². The van der Waals surface area contributed by atoms with Crippen LogP contribution >= 0.6 is 0 Å². The van der Waals surface area contributed by atoms with E-state index in [-0.39, 0.29) is 35.5 Å². The number of aliphatic hydroxyl groups excluding tert-OH is 1. The van der Waals surface area contributed by atoms with Crippen molar-refractivity contribution in [1.82, 2.24) is 0 Å². The SMILES string of the molecule is CC(=N)OCc1ccccc1.CCCCCCCCCCCCCCCCOC[C@@H](O)COS(=O)(=O)c1ccc(C)cc1.CCCCCCCCCCCCCCCCOC[C@H](COS(=O)(=O)c1ccc(C)cc1)OCc1ccccc1. The molecule has 0 aliphatic carbocycles. The number of aryl methyl sites for hydroxylation is 2. The average Bonchev–Trinajstić information content (AvgIpc) is 3.47. The average molecular weight is 1180 g/mol. The predicted molar refractivity (Wildman–Crippen MR) is 337 cm³/mol. The van der Waals surface area contributed by atoms with Crippen LogP contribution in [0, 0.1) is 19.3 Å². The maximum absolute atomic E-state index is 12.6. The molecule has 0 bridgehead atoms. The van der Waals surface area contributed by atoms with Crippen molar-refractivity contribution in [3.8, 4) is 0 Å². The van der Waals surface area contributed by atoms with Crippen LogP contribution in [0.15, 0.2) is 119 Å². The molecular weight excluding hydrogens is 1070 g/mol. The van der Waals surface area contributed by atoms with E-state index in [4.69, 9.17) is 32.7 Å². The fourth-order valence-corrected chi connectivity index (χ4v) is 10.7. The smallest absolute Gasteiger partial charge is 0.297 e. The summed E-state index contributed by atoms with van der Waals surface area (Å²) in [5, 5.41) is 16.9. The molecule has 82 heavy (non-hydrogen) atoms. The first-order valence-electron chi connectivity index (χ1n) is 31.4. The Kier molecular flexibility index (Phi) is 44.5. The van der Waals surface area contributed by atoms with Crippen molar-refractivity contribution in [3.05, 3.63) is 131 Å². The fourth-order valence-electron chi connectivity index (χ4n) is 8.86. The summed E-state index contributed by atoms with van der Waals surface area (Å²) in [6.45, 7) is 12.1. The van der Waals surface area contributed by atoms with Gasteiger partial charge in [-0.05, 0) is 62.1 Å². The topological polar surface area (TPSA) is 168 Å². The Bertz CT molecular complexity index is 2320. The molecule has 12 nitrogen and oxygen atoms in total. The van der Waals surface area contributed by atoms with Gasteiger partial charge in [-0.1, -0.05) is 277 Å². The first kappa shape index (κ1) is 74.1. The maximum Gasteiger partial charge on any atom is 0.297 e. The summed E-state index contributed by atoms with van der Waals surface area (Å²) in [6, 6.07) is 32.8. The summed E-state index contributed by atoms with van der Waals surface area (Å²) >= 11 is 0. The number of aliphatic hydroxyl groups is 1. The largest absolute Gasteiger partial charge is 0.477 e. The molecule has 0 aliphatic rings. The van der Waals surface area contributed by atoms with Crippen LogP contribution in [0.4, 0.5) is 0 Å². The van der Waals surface area contributed by atoms with E-state index in [1.807, 2.05) is 74.5 Å². The Balaban J connectivity index is 0.000000477. The van der Waals surface area contributed by atoms with E-state index in [1.54, 1.807) is 43.3 Å². The molecule has 0 saturated carbocycles. The minimum atomic E-state index is -3.85. The van der Waals surface area contributed by atoms with Crippen molar-refractivity contribution in [3.63, 3.8) is 0 Å². The van der Waals surface area contributed by atoms with Crippen LogP contribution < -0.4 is 0 Å². The first-order chi connectivity index (χ1) is 39.8. The molecule has 0 heterocycles. The summed E-state index contributed by atoms with van der Waals surface area (Å²) in [7, 11) is -7.70. The van der Waals surface area contributed by atoms with Crippen molar-refractivity contribution in [2.75, 3.05) is 39.6 Å². The summed E-state index contributed by atoms with van der Waals surface area (Å²) in [6.07, 6.45) is 35.4. The van der Waals surface area contributed by atoms with Gasteiger partial charge in [0.2, 0.25) is 0 Å². The van der Waals surface area contributed by atoms with Gasteiger partial charge in [-0.25, -0.2) is 0 Å². The standard InChI is InChI=1S/C33H52O5S.C26H46O5S.C9H11NO/c1-3-4-5-6-7-8-9-10-11-12-13-14-15-19-26-36-28-32(37-27-31-20-17-16-18-21-31)29-38-39(34,35)33-24-22-30(2)23-25-33;1-3-4-5-6-7-8-9-10-11-12-13-14-15-16-21-30-22-25(27)23-31-32(28,29)26-19-17-24(2)18-20-26;1-8(10)11-7-9-5-3-2-4-6-9/h16-18,20-25,32H,3-15,19,26-29H2,1-2H3;17-20,25,27H,3-16,21-23H2,1-2H3;2-6,10H,7H2,1H3/t32-;25-;/m11./s1. The van der Waals surface area contributed by atoms with Gasteiger partial charge >= 0.3 is 0 Å². The van der Waals surface area contributed by atoms with Gasteiger partial charge in [-0.3, -0.25) is 13.8 Å². The Morgan fingerprint density at radius 3 is 1.12 bits per heavy atom. The van der Waals surface area contributed by atoms with E-state index in [2.05, 4.69) is 13.8 Å². The molecule has 0 spiro atoms. The van der Waals surface area contributed by atoms with E-state index in [0.29, 0.717) is 33.0 Å². The quantitative estimate of drug-likeness (QED) is 0.0187. The van der Waals surface area contributed by atoms with Crippen molar-refractivity contribution in [1.29, 1.82) is 5.41 Å². The highest BCUT2D eigenvalue weighted by Gasteiger charge is 2.20. The number of hydrogen-bond donors (Lipinski definition) is 2. The van der Waals surface area contributed by atoms with Crippen molar-refractivity contribution >= 4 is 26.1 Å². The second-order valence-electron chi connectivity index (χ2n) is 21.8. The monoisotopic (exact) mass is 1180 g/mol. The molecule has 4 aromatic carbocycles. The van der Waals surface area contributed by atoms with E-state index >= 15 is 0 Å². The first-order valence-corrected chi connectivity index (χ1v) is 34.2. The van der Waals surface area contributed by atoms with Crippen LogP contribution in [0.5, 0.6) is 0 Å². The molecule has 464 valence electrons. The third-order valence-corrected chi connectivity index (χ3v) is 16.6. The number of ether oxygens (including phenoxy) is 4. The van der Waals surface area contributed by atoms with Gasteiger partial charge in [0.05, 0.1) is 42.8 Å². The summed E-state index contributed by atoms with van der Waals surface area (Å²) in [4.78, 5) is 0.247. The van der Waals surface area contributed by atoms with Crippen molar-refractivity contribution in [2.45, 2.75) is 250 Å². The number of nitrogens with one attached hydrogen (secondary N) is 1. The minimum Gasteiger partial charge on any atom is -0.477 e. The molecular formula is C68H109NO11S2. The molecule has 0 fully saturated rings. The predicted octanol–water partition coefficient (Wildman–Crippen LogP) is 17.5. The molecule has 0 aromatic heterocycles. The zero-order chi connectivity index (χ0) is 59.6. The van der Waals surface area contributed by atoms with Crippen molar-refractivity contribution in [2.24, 2.45) is 0 Å². The second kappa shape index (κ2) is 49.3. The van der Waals surface area contributed by atoms with Gasteiger partial charge < -0.3 is 24.1 Å². The van der Waals surface area contributed by atoms with Crippen LogP contribution in [-0.4, -0.2) is 79.7 Å². The number of benzene rings is 4. The molecule has 2 atom stereocenters. The summed E-state index contributed by atoms with van der Waals surface area (Å²) < 4.78 is 82.1. The van der Waals surface area contributed by atoms with E-state index in [9.17, 15) is 21.9 Å². The van der Waals surface area contributed by atoms with Crippen molar-refractivity contribution < 1.29 is 49.3 Å². The Morgan fingerprint density at radius 1 is 0.427 bits per heavy atom. The zero-order valence-corrected chi connectivity index (χ0v) is 53.0. The summed E-state index contributed by atoms with van der Waals surface area (Å²) in [5.41, 5.74) is 4.09. The maximum atomic E-state index is 12.6. The Hall–Kier alpha value is -3.99. The van der Waals surface area contributed by atoms with Gasteiger partial charge in [-0.2, -0.15) is 16.8 Å². The van der Waals surface area contributed by atoms with Crippen LogP contribution in [0.1, 0.15) is 223 Å². The lowest BCUT2D eigenvalue weighted by Crippen LogP contribution is -2.27. The number of hydrogen-bond acceptors (Lipinski definition) is 12. The van der Waals surface area contributed by atoms with Gasteiger partial charge in [0, 0.05) is 20.1 Å². The fraction of sp³-hybridized carbons (Fsp3) is 0.632. The number of rotatable bonds is 47. The molecule has 0 aliphatic heterocycles. The lowest BCUT2D eigenvalue weighted by Gasteiger charge is -2.18. The van der Waals surface area contributed by atoms with E-state index < -0.39 is 32.4 Å². The second-order valence-corrected chi connectivity index (χ2v) is 25.1. The molecule has 0 unspecified atom stereocenters. The van der Waals surface area contributed by atoms with Gasteiger partial charge in [-0.15, -0.1) is 0 Å². The molecule has 0 radical (unpaired) electrons. The Labute approximate surface area is 499 Å². The van der Waals surface area contributed by atoms with Crippen LogP contribution in [0.25, 0.3) is 0 Å². The van der Waals surface area contributed by atoms with Crippen LogP contribution in [0.2, 0.25) is 0 Å². The van der Waals surface area contributed by atoms with Crippen LogP contribution in [0.3, 0.4) is 0 Å². The van der Waals surface area contributed by atoms with E-state index in [1.165, 1.54) is 166 Å². The van der Waals surface area contributed by atoms with Crippen LogP contribution in [-0.2, 0) is 60.8 Å². The highest BCUT2D eigenvalue weighted by Crippen LogP contribution is 2.18. The molecule has 0 saturated heterocycles. The van der Waals surface area contributed by atoms with Gasteiger partial charge in [0.15, 0.2) is 5.90 Å². The highest BCUT2D eigenvalue weighted by atomic mass is 32.2. The molecule has 4 aromatic rings. The summed E-state index contributed by atoms with van der Waals surface area (Å²) in [5.74, 6) is 0.258. The normalized spacial score (nSPS) is 12.2. The lowest BCUT2D eigenvalue weighted by atomic mass is 10.0. The highest BCUT2D eigenvalue weighted by molar-refractivity contribution is 7.87. The molecule has 14 heteroatoms. The zero-order valence-electron chi connectivity index (χ0n) is 51.3. The minimum absolute atomic E-state index is 0.0816. The Morgan fingerprint density at radius 2 is 0.756 bits per heavy atom. The third kappa shape index (κ3) is 41.1.